The zero-order chi connectivity index (χ0) is 30.0. The van der Waals surface area contributed by atoms with Gasteiger partial charge in [-0.3, -0.25) is 9.59 Å². The van der Waals surface area contributed by atoms with Gasteiger partial charge in [0.15, 0.2) is 23.1 Å². The number of carbonyl (C=O) groups excluding carboxylic acids is 2. The average molecular weight is 592 g/mol. The summed E-state index contributed by atoms with van der Waals surface area (Å²) in [5.41, 5.74) is 5.22. The fourth-order valence-electron chi connectivity index (χ4n) is 4.61. The van der Waals surface area contributed by atoms with Crippen LogP contribution < -0.4 is 35.3 Å². The van der Waals surface area contributed by atoms with Crippen LogP contribution in [0.5, 0.6) is 28.9 Å². The largest absolute Gasteiger partial charge is 0.489 e. The summed E-state index contributed by atoms with van der Waals surface area (Å²) < 4.78 is 51.8. The number of nitrogens with two attached hydrogens (primary N) is 1. The minimum atomic E-state index is -1.30. The van der Waals surface area contributed by atoms with E-state index in [-0.39, 0.29) is 23.9 Å². The van der Waals surface area contributed by atoms with Gasteiger partial charge in [0.2, 0.25) is 23.4 Å². The fraction of sp³-hybridized carbons (Fsp3) is 0.267. The maximum Gasteiger partial charge on any atom is 0.240 e. The summed E-state index contributed by atoms with van der Waals surface area (Å²) in [4.78, 5) is 34.3. The highest BCUT2D eigenvalue weighted by Crippen LogP contribution is 2.49. The molecule has 0 unspecified atom stereocenters. The molecule has 222 valence electrons. The molecule has 2 amide bonds. The molecule has 2 heterocycles. The lowest BCUT2D eigenvalue weighted by atomic mass is 10.0. The van der Waals surface area contributed by atoms with Gasteiger partial charge in [-0.2, -0.15) is 0 Å². The lowest BCUT2D eigenvalue weighted by Crippen LogP contribution is -2.35. The molecule has 11 nitrogen and oxygen atoms in total. The van der Waals surface area contributed by atoms with Crippen LogP contribution in [0, 0.1) is 17.0 Å². The number of nitrogens with one attached hydrogen (secondary N) is 2. The lowest BCUT2D eigenvalue weighted by Gasteiger charge is -2.23. The summed E-state index contributed by atoms with van der Waals surface area (Å²) in [6.07, 6.45) is 2.57. The standard InChI is InChI=1S/C30H27F2N5O6/c31-17-2-4-18(5-3-17)36-28(38)30(8-9-30)29(39)37-19-6-7-22(20(32)14-19)43-27-24-21(34-16-35-27)15-23(40-11-1-10-33)25-26(24)42-13-12-41-25/h2-7,14-16H,1,8-13,33H2,(H,36,38)(H,37,39). The number of aromatic nitrogens is 2. The molecule has 0 atom stereocenters. The van der Waals surface area contributed by atoms with Crippen LogP contribution >= 0.6 is 0 Å². The Morgan fingerprint density at radius 1 is 0.907 bits per heavy atom. The first kappa shape index (κ1) is 28.1. The summed E-state index contributed by atoms with van der Waals surface area (Å²) in [6.45, 7) is 1.43. The van der Waals surface area contributed by atoms with Crippen molar-refractivity contribution in [1.29, 1.82) is 0 Å². The molecule has 43 heavy (non-hydrogen) atoms. The summed E-state index contributed by atoms with van der Waals surface area (Å²) in [6, 6.07) is 10.8. The topological polar surface area (TPSA) is 147 Å². The number of carbonyl (C=O) groups is 2. The molecule has 0 saturated heterocycles. The van der Waals surface area contributed by atoms with Gasteiger partial charge in [0.25, 0.3) is 0 Å². The van der Waals surface area contributed by atoms with Gasteiger partial charge in [-0.15, -0.1) is 0 Å². The van der Waals surface area contributed by atoms with Gasteiger partial charge in [-0.1, -0.05) is 0 Å². The highest BCUT2D eigenvalue weighted by Gasteiger charge is 2.56. The molecule has 0 bridgehead atoms. The number of halogens is 2. The summed E-state index contributed by atoms with van der Waals surface area (Å²) in [7, 11) is 0. The molecule has 6 rings (SSSR count). The number of ether oxygens (including phenoxy) is 4. The van der Waals surface area contributed by atoms with Crippen molar-refractivity contribution in [3.8, 4) is 28.9 Å². The van der Waals surface area contributed by atoms with Gasteiger partial charge in [0.05, 0.1) is 12.1 Å². The van der Waals surface area contributed by atoms with Crippen molar-refractivity contribution in [2.45, 2.75) is 19.3 Å². The first-order valence-corrected chi connectivity index (χ1v) is 13.6. The van der Waals surface area contributed by atoms with Crippen molar-refractivity contribution in [3.63, 3.8) is 0 Å². The third-order valence-electron chi connectivity index (χ3n) is 7.07. The third kappa shape index (κ3) is 5.71. The van der Waals surface area contributed by atoms with Crippen molar-refractivity contribution >= 4 is 34.1 Å². The van der Waals surface area contributed by atoms with Crippen molar-refractivity contribution < 1.29 is 37.3 Å². The molecule has 3 aromatic carbocycles. The second kappa shape index (κ2) is 11.7. The maximum absolute atomic E-state index is 15.2. The normalized spacial score (nSPS) is 14.6. The molecule has 0 spiro atoms. The molecular formula is C30H27F2N5O6. The fourth-order valence-corrected chi connectivity index (χ4v) is 4.61. The van der Waals surface area contributed by atoms with E-state index in [1.165, 1.54) is 42.7 Å². The summed E-state index contributed by atoms with van der Waals surface area (Å²) in [5.74, 6) is -1.33. The Bertz CT molecular complexity index is 1700. The molecule has 1 fully saturated rings. The molecule has 4 N–H and O–H groups in total. The van der Waals surface area contributed by atoms with E-state index in [0.717, 1.165) is 6.07 Å². The first-order valence-electron chi connectivity index (χ1n) is 13.6. The number of anilines is 2. The number of hydrogen-bond donors (Lipinski definition) is 3. The van der Waals surface area contributed by atoms with Crippen molar-refractivity contribution in [2.24, 2.45) is 11.1 Å². The van der Waals surface area contributed by atoms with Crippen LogP contribution in [0.15, 0.2) is 54.9 Å². The van der Waals surface area contributed by atoms with Crippen molar-refractivity contribution in [1.82, 2.24) is 9.97 Å². The first-order chi connectivity index (χ1) is 20.9. The Kier molecular flexibility index (Phi) is 7.63. The number of hydrogen-bond acceptors (Lipinski definition) is 9. The monoisotopic (exact) mass is 591 g/mol. The van der Waals surface area contributed by atoms with E-state index >= 15 is 4.39 Å². The highest BCUT2D eigenvalue weighted by atomic mass is 19.1. The van der Waals surface area contributed by atoms with Gasteiger partial charge in [0, 0.05) is 23.5 Å². The summed E-state index contributed by atoms with van der Waals surface area (Å²) >= 11 is 0. The highest BCUT2D eigenvalue weighted by molar-refractivity contribution is 6.16. The molecule has 2 aliphatic rings. The van der Waals surface area contributed by atoms with E-state index in [9.17, 15) is 14.0 Å². The van der Waals surface area contributed by atoms with E-state index in [1.54, 1.807) is 6.07 Å². The smallest absolute Gasteiger partial charge is 0.240 e. The Balaban J connectivity index is 1.20. The third-order valence-corrected chi connectivity index (χ3v) is 7.07. The predicted octanol–water partition coefficient (Wildman–Crippen LogP) is 4.56. The van der Waals surface area contributed by atoms with E-state index in [4.69, 9.17) is 24.7 Å². The van der Waals surface area contributed by atoms with Gasteiger partial charge in [-0.25, -0.2) is 18.7 Å². The van der Waals surface area contributed by atoms with Crippen LogP contribution in [0.1, 0.15) is 19.3 Å². The molecule has 4 aromatic rings. The van der Waals surface area contributed by atoms with Crippen LogP contribution in [0.4, 0.5) is 20.2 Å². The van der Waals surface area contributed by atoms with Gasteiger partial charge in [-0.05, 0) is 62.2 Å². The zero-order valence-electron chi connectivity index (χ0n) is 22.8. The number of rotatable bonds is 10. The molecule has 13 heteroatoms. The predicted molar refractivity (Wildman–Crippen MR) is 151 cm³/mol. The minimum absolute atomic E-state index is 0.0327. The van der Waals surface area contributed by atoms with Crippen LogP contribution in [-0.2, 0) is 9.59 Å². The van der Waals surface area contributed by atoms with Gasteiger partial charge < -0.3 is 35.3 Å². The number of nitrogens with zero attached hydrogens (tertiary/aromatic N) is 2. The van der Waals surface area contributed by atoms with Crippen LogP contribution in [0.3, 0.4) is 0 Å². The zero-order valence-corrected chi connectivity index (χ0v) is 22.8. The average Bonchev–Trinajstić information content (AvgIpc) is 3.82. The minimum Gasteiger partial charge on any atom is -0.489 e. The van der Waals surface area contributed by atoms with Crippen molar-refractivity contribution in [3.05, 3.63) is 66.5 Å². The lowest BCUT2D eigenvalue weighted by molar-refractivity contribution is -0.131. The Hall–Kier alpha value is -5.04. The molecule has 1 aliphatic carbocycles. The van der Waals surface area contributed by atoms with Gasteiger partial charge in [0.1, 0.15) is 36.2 Å². The number of fused-ring (bicyclic) bond motifs is 3. The molecule has 1 saturated carbocycles. The van der Waals surface area contributed by atoms with Crippen LogP contribution in [-0.4, -0.2) is 48.1 Å². The van der Waals surface area contributed by atoms with Gasteiger partial charge >= 0.3 is 0 Å². The quantitative estimate of drug-likeness (QED) is 0.178. The van der Waals surface area contributed by atoms with E-state index in [1.807, 2.05) is 0 Å². The maximum atomic E-state index is 15.2. The SMILES string of the molecule is NCCCOc1cc2ncnc(Oc3ccc(NC(=O)C4(C(=O)Nc5ccc(F)cc5)CC4)cc3F)c2c2c1OCCO2. The Morgan fingerprint density at radius 2 is 1.60 bits per heavy atom. The number of amides is 2. The van der Waals surface area contributed by atoms with Crippen LogP contribution in [0.25, 0.3) is 10.9 Å². The Morgan fingerprint density at radius 3 is 2.30 bits per heavy atom. The van der Waals surface area contributed by atoms with E-state index in [2.05, 4.69) is 20.6 Å². The van der Waals surface area contributed by atoms with E-state index < -0.39 is 28.9 Å². The molecule has 0 radical (unpaired) electrons. The summed E-state index contributed by atoms with van der Waals surface area (Å²) in [5, 5.41) is 5.62. The van der Waals surface area contributed by atoms with E-state index in [0.29, 0.717) is 72.9 Å². The van der Waals surface area contributed by atoms with Crippen molar-refractivity contribution in [2.75, 3.05) is 37.0 Å². The molecule has 1 aromatic heterocycles. The second-order valence-corrected chi connectivity index (χ2v) is 10.0. The molecular weight excluding hydrogens is 564 g/mol. The molecule has 1 aliphatic heterocycles. The number of benzene rings is 3. The Labute approximate surface area is 244 Å². The second-order valence-electron chi connectivity index (χ2n) is 10.0. The van der Waals surface area contributed by atoms with Crippen LogP contribution in [0.2, 0.25) is 0 Å².